The van der Waals surface area contributed by atoms with E-state index in [-0.39, 0.29) is 0 Å². The second-order valence-corrected chi connectivity index (χ2v) is 4.90. The Morgan fingerprint density at radius 1 is 1.11 bits per heavy atom. The molecule has 1 heterocycles. The van der Waals surface area contributed by atoms with Gasteiger partial charge in [-0.05, 0) is 12.6 Å². The van der Waals surface area contributed by atoms with E-state index in [2.05, 4.69) is 16.8 Å². The van der Waals surface area contributed by atoms with E-state index < -0.39 is 12.4 Å². The molecule has 0 radical (unpaired) electrons. The number of rotatable bonds is 3. The molecule has 2 nitrogen and oxygen atoms in total. The van der Waals surface area contributed by atoms with Crippen molar-refractivity contribution >= 4 is 12.4 Å². The lowest BCUT2D eigenvalue weighted by atomic mass is 9.79. The first-order valence-corrected chi connectivity index (χ1v) is 6.15. The largest absolute Gasteiger partial charge is 0.509 e. The first-order chi connectivity index (χ1) is 8.45. The highest BCUT2D eigenvalue weighted by atomic mass is 19.4. The Morgan fingerprint density at radius 3 is 2.39 bits per heavy atom. The van der Waals surface area contributed by atoms with Crippen molar-refractivity contribution in [2.45, 2.75) is 6.54 Å². The van der Waals surface area contributed by atoms with E-state index in [9.17, 15) is 12.9 Å². The molecule has 0 saturated carbocycles. The summed E-state index contributed by atoms with van der Waals surface area (Å²) in [5.74, 6) is 0. The Hall–Kier alpha value is -1.01. The van der Waals surface area contributed by atoms with E-state index in [1.807, 2.05) is 0 Å². The topological polar surface area (TPSA) is 6.48 Å². The molecule has 0 aliphatic carbocycles. The summed E-state index contributed by atoms with van der Waals surface area (Å²) >= 11 is 0. The summed E-state index contributed by atoms with van der Waals surface area (Å²) in [4.78, 5) is 4.42. The molecular formula is C12H17BF3N2-. The van der Waals surface area contributed by atoms with Crippen LogP contribution < -0.4 is 5.46 Å². The van der Waals surface area contributed by atoms with E-state index >= 15 is 0 Å². The first-order valence-electron chi connectivity index (χ1n) is 6.15. The van der Waals surface area contributed by atoms with Crippen LogP contribution in [0.5, 0.6) is 0 Å². The van der Waals surface area contributed by atoms with Gasteiger partial charge in [-0.3, -0.25) is 4.90 Å². The Labute approximate surface area is 105 Å². The number of halogens is 3. The van der Waals surface area contributed by atoms with Gasteiger partial charge in [0.1, 0.15) is 0 Å². The summed E-state index contributed by atoms with van der Waals surface area (Å²) in [6.45, 7) is -0.505. The van der Waals surface area contributed by atoms with Crippen molar-refractivity contribution in [2.75, 3.05) is 33.2 Å². The van der Waals surface area contributed by atoms with Gasteiger partial charge in [0, 0.05) is 32.7 Å². The fourth-order valence-electron chi connectivity index (χ4n) is 2.16. The van der Waals surface area contributed by atoms with Crippen LogP contribution in [0.15, 0.2) is 24.3 Å². The Bertz CT molecular complexity index is 401. The average molecular weight is 257 g/mol. The van der Waals surface area contributed by atoms with Gasteiger partial charge in [0.15, 0.2) is 0 Å². The molecule has 1 aliphatic rings. The molecular weight excluding hydrogens is 240 g/mol. The van der Waals surface area contributed by atoms with E-state index in [4.69, 9.17) is 0 Å². The van der Waals surface area contributed by atoms with Gasteiger partial charge in [0.05, 0.1) is 0 Å². The second kappa shape index (κ2) is 5.32. The molecule has 0 amide bonds. The second-order valence-electron chi connectivity index (χ2n) is 4.90. The first kappa shape index (κ1) is 13.4. The summed E-state index contributed by atoms with van der Waals surface area (Å²) < 4.78 is 37.9. The van der Waals surface area contributed by atoms with Crippen molar-refractivity contribution in [3.05, 3.63) is 29.8 Å². The zero-order chi connectivity index (χ0) is 13.2. The minimum atomic E-state index is -4.89. The van der Waals surface area contributed by atoms with Gasteiger partial charge in [0.25, 0.3) is 0 Å². The summed E-state index contributed by atoms with van der Waals surface area (Å²) in [5, 5.41) is 0. The highest BCUT2D eigenvalue weighted by molar-refractivity contribution is 6.73. The third kappa shape index (κ3) is 3.49. The molecule has 1 fully saturated rings. The molecule has 100 valence electrons. The van der Waals surface area contributed by atoms with Crippen molar-refractivity contribution in [3.63, 3.8) is 0 Å². The van der Waals surface area contributed by atoms with Gasteiger partial charge < -0.3 is 17.8 Å². The van der Waals surface area contributed by atoms with Crippen molar-refractivity contribution in [1.29, 1.82) is 0 Å². The van der Waals surface area contributed by atoms with Crippen LogP contribution in [-0.2, 0) is 6.54 Å². The normalized spacial score (nSPS) is 19.1. The lowest BCUT2D eigenvalue weighted by molar-refractivity contribution is 0.148. The van der Waals surface area contributed by atoms with Crippen LogP contribution in [-0.4, -0.2) is 50.0 Å². The molecule has 0 atom stereocenters. The van der Waals surface area contributed by atoms with Gasteiger partial charge in [0.2, 0.25) is 0 Å². The Morgan fingerprint density at radius 2 is 1.78 bits per heavy atom. The minimum Gasteiger partial charge on any atom is -0.445 e. The zero-order valence-electron chi connectivity index (χ0n) is 10.5. The Kier molecular flexibility index (Phi) is 3.97. The van der Waals surface area contributed by atoms with Crippen molar-refractivity contribution in [2.24, 2.45) is 0 Å². The standard InChI is InChI=1S/C12H17BF3N2/c1-17-5-7-18(8-6-17)10-11-3-2-4-12(9-11)13(14,15)16/h2-4,9H,5-8,10H2,1H3/q-1. The maximum atomic E-state index is 12.6. The number of hydrogen-bond donors (Lipinski definition) is 0. The third-order valence-electron chi connectivity index (χ3n) is 3.33. The smallest absolute Gasteiger partial charge is 0.445 e. The maximum Gasteiger partial charge on any atom is 0.509 e. The zero-order valence-corrected chi connectivity index (χ0v) is 10.5. The predicted molar refractivity (Wildman–Crippen MR) is 67.9 cm³/mol. The van der Waals surface area contributed by atoms with Crippen molar-refractivity contribution in [3.8, 4) is 0 Å². The fraction of sp³-hybridized carbons (Fsp3) is 0.500. The Balaban J connectivity index is 2.01. The minimum absolute atomic E-state index is 0.498. The van der Waals surface area contributed by atoms with Crippen LogP contribution >= 0.6 is 0 Å². The molecule has 0 N–H and O–H groups in total. The van der Waals surface area contributed by atoms with Gasteiger partial charge in [-0.2, -0.15) is 0 Å². The van der Waals surface area contributed by atoms with Crippen LogP contribution in [0, 0.1) is 0 Å². The van der Waals surface area contributed by atoms with Gasteiger partial charge in [-0.15, -0.1) is 5.46 Å². The molecule has 1 saturated heterocycles. The van der Waals surface area contributed by atoms with E-state index in [0.29, 0.717) is 6.54 Å². The highest BCUT2D eigenvalue weighted by Crippen LogP contribution is 2.12. The van der Waals surface area contributed by atoms with E-state index in [0.717, 1.165) is 37.8 Å². The third-order valence-corrected chi connectivity index (χ3v) is 3.33. The van der Waals surface area contributed by atoms with Gasteiger partial charge in [-0.25, -0.2) is 0 Å². The molecule has 1 aromatic rings. The lowest BCUT2D eigenvalue weighted by Crippen LogP contribution is -2.44. The summed E-state index contributed by atoms with van der Waals surface area (Å²) in [6, 6.07) is 5.69. The molecule has 2 rings (SSSR count). The molecule has 0 spiro atoms. The number of benzene rings is 1. The molecule has 0 bridgehead atoms. The average Bonchev–Trinajstić information content (AvgIpc) is 2.31. The van der Waals surface area contributed by atoms with Crippen LogP contribution in [0.1, 0.15) is 5.56 Å². The highest BCUT2D eigenvalue weighted by Gasteiger charge is 2.25. The molecule has 1 aliphatic heterocycles. The quantitative estimate of drug-likeness (QED) is 0.757. The van der Waals surface area contributed by atoms with Gasteiger partial charge >= 0.3 is 6.98 Å². The van der Waals surface area contributed by atoms with Crippen molar-refractivity contribution in [1.82, 2.24) is 9.80 Å². The molecule has 1 aromatic carbocycles. The van der Waals surface area contributed by atoms with Crippen LogP contribution in [0.3, 0.4) is 0 Å². The number of nitrogens with zero attached hydrogens (tertiary/aromatic N) is 2. The van der Waals surface area contributed by atoms with E-state index in [1.54, 1.807) is 6.07 Å². The molecule has 6 heteroatoms. The molecule has 18 heavy (non-hydrogen) atoms. The summed E-state index contributed by atoms with van der Waals surface area (Å²) in [7, 11) is 2.06. The van der Waals surface area contributed by atoms with E-state index in [1.165, 1.54) is 12.1 Å². The maximum absolute atomic E-state index is 12.6. The SMILES string of the molecule is CN1CCN(Cc2cccc([B-](F)(F)F)c2)CC1. The van der Waals surface area contributed by atoms with Crippen LogP contribution in [0.25, 0.3) is 0 Å². The monoisotopic (exact) mass is 257 g/mol. The molecule has 0 aromatic heterocycles. The lowest BCUT2D eigenvalue weighted by Gasteiger charge is -2.32. The van der Waals surface area contributed by atoms with Crippen molar-refractivity contribution < 1.29 is 12.9 Å². The summed E-state index contributed by atoms with van der Waals surface area (Å²) in [5.41, 5.74) is 0.248. The number of piperazine rings is 1. The molecule has 0 unspecified atom stereocenters. The number of hydrogen-bond acceptors (Lipinski definition) is 2. The fourth-order valence-corrected chi connectivity index (χ4v) is 2.16. The number of likely N-dealkylation sites (N-methyl/N-ethyl adjacent to an activating group) is 1. The summed E-state index contributed by atoms with van der Waals surface area (Å²) in [6.07, 6.45) is 0. The van der Waals surface area contributed by atoms with Crippen LogP contribution in [0.2, 0.25) is 0 Å². The van der Waals surface area contributed by atoms with Crippen LogP contribution in [0.4, 0.5) is 12.9 Å². The van der Waals surface area contributed by atoms with Gasteiger partial charge in [-0.1, -0.05) is 24.3 Å². The predicted octanol–water partition coefficient (Wildman–Crippen LogP) is 1.49.